The van der Waals surface area contributed by atoms with Crippen LogP contribution in [-0.4, -0.2) is 73.2 Å². The highest BCUT2D eigenvalue weighted by atomic mass is 16.5. The van der Waals surface area contributed by atoms with Crippen molar-refractivity contribution in [2.75, 3.05) is 31.6 Å². The molecule has 0 bridgehead atoms. The third-order valence-corrected chi connectivity index (χ3v) is 8.44. The first-order chi connectivity index (χ1) is 21.5. The van der Waals surface area contributed by atoms with Gasteiger partial charge in [-0.25, -0.2) is 4.98 Å². The first-order valence-electron chi connectivity index (χ1n) is 14.9. The van der Waals surface area contributed by atoms with Gasteiger partial charge in [-0.3, -0.25) is 14.6 Å². The smallest absolute Gasteiger partial charge is 0.272 e. The molecule has 224 valence electrons. The number of aryl methyl sites for hydroxylation is 1. The van der Waals surface area contributed by atoms with E-state index in [0.29, 0.717) is 66.1 Å². The van der Waals surface area contributed by atoms with Crippen LogP contribution in [0.15, 0.2) is 71.3 Å². The number of nitrogens with one attached hydrogen (secondary N) is 1. The number of rotatable bonds is 7. The van der Waals surface area contributed by atoms with Crippen molar-refractivity contribution in [3.8, 4) is 11.5 Å². The van der Waals surface area contributed by atoms with Gasteiger partial charge in [0.25, 0.3) is 5.91 Å². The fourth-order valence-corrected chi connectivity index (χ4v) is 6.11. The summed E-state index contributed by atoms with van der Waals surface area (Å²) in [7, 11) is 1.77. The molecule has 2 saturated heterocycles. The third kappa shape index (κ3) is 5.68. The van der Waals surface area contributed by atoms with Crippen LogP contribution in [0.2, 0.25) is 0 Å². The number of amides is 2. The van der Waals surface area contributed by atoms with E-state index in [4.69, 9.17) is 9.15 Å². The topological polar surface area (TPSA) is 141 Å². The fourth-order valence-electron chi connectivity index (χ4n) is 6.11. The van der Waals surface area contributed by atoms with E-state index in [1.807, 2.05) is 23.1 Å². The Balaban J connectivity index is 1.04. The van der Waals surface area contributed by atoms with E-state index in [9.17, 15) is 9.59 Å². The summed E-state index contributed by atoms with van der Waals surface area (Å²) < 4.78 is 11.3. The molecule has 0 spiro atoms. The molecule has 2 amide bonds. The summed E-state index contributed by atoms with van der Waals surface area (Å²) in [5.74, 6) is 1.03. The summed E-state index contributed by atoms with van der Waals surface area (Å²) in [5, 5.41) is 15.9. The Morgan fingerprint density at radius 2 is 1.86 bits per heavy atom. The number of anilines is 1. The summed E-state index contributed by atoms with van der Waals surface area (Å²) in [4.78, 5) is 38.4. The van der Waals surface area contributed by atoms with Crippen molar-refractivity contribution in [1.82, 2.24) is 35.1 Å². The first kappa shape index (κ1) is 27.8. The monoisotopic (exact) mass is 592 g/mol. The quantitative estimate of drug-likeness (QED) is 0.296. The summed E-state index contributed by atoms with van der Waals surface area (Å²) in [5.41, 5.74) is 3.98. The van der Waals surface area contributed by atoms with E-state index in [2.05, 4.69) is 42.8 Å². The van der Waals surface area contributed by atoms with Gasteiger partial charge in [0.15, 0.2) is 11.4 Å². The number of fused-ring (bicyclic) bond motifs is 1. The van der Waals surface area contributed by atoms with E-state index < -0.39 is 0 Å². The molecule has 2 aliphatic heterocycles. The standard InChI is InChI=1S/C32H32N8O4/c1-39-37-29(36-38-39)28(20-5-3-2-4-6-20)21-10-14-40(15-11-21)32(42)26-17-22(9-13-33-26)31-35-25-18-24(7-8-27(25)44-31)34-30(41)23-12-16-43-19-23/h2-9,13,17-18,21,23,28H,10-12,14-16,19H2,1H3,(H,34,41)/t23-,28?/m1/s1. The van der Waals surface area contributed by atoms with E-state index in [1.54, 1.807) is 43.6 Å². The number of carbonyl (C=O) groups excluding carboxylic acids is 2. The number of hydrogen-bond donors (Lipinski definition) is 1. The van der Waals surface area contributed by atoms with Crippen molar-refractivity contribution in [3.63, 3.8) is 0 Å². The van der Waals surface area contributed by atoms with Gasteiger partial charge in [0.05, 0.1) is 25.5 Å². The van der Waals surface area contributed by atoms with Crippen molar-refractivity contribution in [3.05, 3.63) is 83.9 Å². The van der Waals surface area contributed by atoms with Gasteiger partial charge in [0.2, 0.25) is 11.8 Å². The Hall–Kier alpha value is -4.97. The lowest BCUT2D eigenvalue weighted by atomic mass is 9.79. The predicted octanol–water partition coefficient (Wildman–Crippen LogP) is 4.07. The van der Waals surface area contributed by atoms with Crippen molar-refractivity contribution in [2.24, 2.45) is 18.9 Å². The van der Waals surface area contributed by atoms with Gasteiger partial charge in [-0.05, 0) is 66.3 Å². The van der Waals surface area contributed by atoms with Crippen molar-refractivity contribution in [2.45, 2.75) is 25.2 Å². The second-order valence-electron chi connectivity index (χ2n) is 11.3. The lowest BCUT2D eigenvalue weighted by molar-refractivity contribution is -0.119. The minimum absolute atomic E-state index is 0.00771. The average Bonchev–Trinajstić information content (AvgIpc) is 3.84. The molecular formula is C32H32N8O4. The fraction of sp³-hybridized carbons (Fsp3) is 0.344. The maximum absolute atomic E-state index is 13.6. The highest BCUT2D eigenvalue weighted by Gasteiger charge is 2.33. The van der Waals surface area contributed by atoms with Crippen LogP contribution in [0.1, 0.15) is 47.1 Å². The van der Waals surface area contributed by atoms with Gasteiger partial charge in [0.1, 0.15) is 11.2 Å². The van der Waals surface area contributed by atoms with Crippen LogP contribution in [0, 0.1) is 11.8 Å². The molecular weight excluding hydrogens is 560 g/mol. The van der Waals surface area contributed by atoms with Crippen molar-refractivity contribution >= 4 is 28.6 Å². The number of benzene rings is 2. The van der Waals surface area contributed by atoms with Gasteiger partial charge in [-0.1, -0.05) is 30.3 Å². The molecule has 44 heavy (non-hydrogen) atoms. The number of hydrogen-bond acceptors (Lipinski definition) is 9. The zero-order chi connectivity index (χ0) is 30.0. The first-order valence-corrected chi connectivity index (χ1v) is 14.9. The number of tetrazole rings is 1. The summed E-state index contributed by atoms with van der Waals surface area (Å²) >= 11 is 0. The Morgan fingerprint density at radius 1 is 1.02 bits per heavy atom. The molecule has 12 nitrogen and oxygen atoms in total. The number of carbonyl (C=O) groups is 2. The lowest BCUT2D eigenvalue weighted by Crippen LogP contribution is -2.40. The molecule has 5 aromatic rings. The van der Waals surface area contributed by atoms with Gasteiger partial charge < -0.3 is 19.4 Å². The molecule has 1 unspecified atom stereocenters. The number of piperidine rings is 1. The molecule has 3 aromatic heterocycles. The second-order valence-corrected chi connectivity index (χ2v) is 11.3. The molecule has 2 atom stereocenters. The predicted molar refractivity (Wildman–Crippen MR) is 161 cm³/mol. The minimum Gasteiger partial charge on any atom is -0.436 e. The molecule has 0 radical (unpaired) electrons. The Bertz CT molecular complexity index is 1790. The molecule has 2 aliphatic rings. The number of likely N-dealkylation sites (tertiary alicyclic amines) is 1. The Labute approximate surface area is 253 Å². The Kier molecular flexibility index (Phi) is 7.57. The SMILES string of the molecule is Cn1nnc(C(c2ccccc2)C2CCN(C(=O)c3cc(-c4nc5cc(NC(=O)[C@@H]6CCOC6)ccc5o4)ccn3)CC2)n1. The molecule has 0 saturated carbocycles. The highest BCUT2D eigenvalue weighted by molar-refractivity contribution is 5.95. The number of oxazole rings is 1. The van der Waals surface area contributed by atoms with E-state index in [1.165, 1.54) is 4.80 Å². The van der Waals surface area contributed by atoms with Gasteiger partial charge in [-0.15, -0.1) is 10.2 Å². The van der Waals surface area contributed by atoms with Crippen LogP contribution < -0.4 is 5.32 Å². The maximum atomic E-state index is 13.6. The summed E-state index contributed by atoms with van der Waals surface area (Å²) in [6, 6.07) is 19.1. The van der Waals surface area contributed by atoms with Crippen LogP contribution >= 0.6 is 0 Å². The van der Waals surface area contributed by atoms with Crippen LogP contribution in [0.3, 0.4) is 0 Å². The highest BCUT2D eigenvalue weighted by Crippen LogP contribution is 2.36. The number of pyridine rings is 1. The van der Waals surface area contributed by atoms with Crippen LogP contribution in [0.5, 0.6) is 0 Å². The number of nitrogens with zero attached hydrogens (tertiary/aromatic N) is 7. The van der Waals surface area contributed by atoms with Crippen LogP contribution in [0.4, 0.5) is 5.69 Å². The van der Waals surface area contributed by atoms with Crippen molar-refractivity contribution in [1.29, 1.82) is 0 Å². The molecule has 7 rings (SSSR count). The molecule has 2 fully saturated rings. The Morgan fingerprint density at radius 3 is 2.61 bits per heavy atom. The van der Waals surface area contributed by atoms with Gasteiger partial charge in [-0.2, -0.15) is 4.80 Å². The average molecular weight is 593 g/mol. The third-order valence-electron chi connectivity index (χ3n) is 8.44. The summed E-state index contributed by atoms with van der Waals surface area (Å²) in [6.45, 7) is 2.25. The van der Waals surface area contributed by atoms with Gasteiger partial charge in [0, 0.05) is 37.1 Å². The largest absolute Gasteiger partial charge is 0.436 e. The van der Waals surface area contributed by atoms with E-state index >= 15 is 0 Å². The zero-order valence-electron chi connectivity index (χ0n) is 24.3. The number of aromatic nitrogens is 6. The lowest BCUT2D eigenvalue weighted by Gasteiger charge is -2.35. The molecule has 1 N–H and O–H groups in total. The molecule has 12 heteroatoms. The molecule has 2 aromatic carbocycles. The molecule has 0 aliphatic carbocycles. The van der Waals surface area contributed by atoms with Crippen LogP contribution in [-0.2, 0) is 16.6 Å². The normalized spacial score (nSPS) is 18.0. The summed E-state index contributed by atoms with van der Waals surface area (Å²) in [6.07, 6.45) is 3.94. The van der Waals surface area contributed by atoms with Crippen molar-refractivity contribution < 1.29 is 18.7 Å². The number of ether oxygens (including phenoxy) is 1. The second kappa shape index (κ2) is 12.0. The minimum atomic E-state index is -0.141. The maximum Gasteiger partial charge on any atom is 0.272 e. The zero-order valence-corrected chi connectivity index (χ0v) is 24.3. The van der Waals surface area contributed by atoms with Crippen LogP contribution in [0.25, 0.3) is 22.6 Å². The van der Waals surface area contributed by atoms with E-state index in [0.717, 1.165) is 24.8 Å². The van der Waals surface area contributed by atoms with E-state index in [-0.39, 0.29) is 29.6 Å². The molecule has 5 heterocycles. The van der Waals surface area contributed by atoms with Gasteiger partial charge >= 0.3 is 0 Å².